The fourth-order valence-corrected chi connectivity index (χ4v) is 4.79. The molecule has 0 saturated heterocycles. The number of benzene rings is 2. The third kappa shape index (κ3) is 4.90. The maximum atomic E-state index is 12.9. The van der Waals surface area contributed by atoms with Crippen LogP contribution in [-0.2, 0) is 14.8 Å². The van der Waals surface area contributed by atoms with Gasteiger partial charge >= 0.3 is 0 Å². The average molecular weight is 451 g/mol. The number of nitrogens with zero attached hydrogens (tertiary/aromatic N) is 1. The Morgan fingerprint density at radius 1 is 1.17 bits per heavy atom. The maximum Gasteiger partial charge on any atom is 0.241 e. The number of anilines is 1. The zero-order valence-corrected chi connectivity index (χ0v) is 19.0. The molecule has 1 atom stereocenters. The van der Waals surface area contributed by atoms with E-state index >= 15 is 0 Å². The molecular formula is C22H27ClN2O4S. The SMILES string of the molecule is CCC1(CC)C[C@@H](NC(=O)CN(c2ccc(Cl)cc2)S(C)(=O)=O)c2ccccc2O1. The first kappa shape index (κ1) is 22.4. The molecule has 0 radical (unpaired) electrons. The number of fused-ring (bicyclic) bond motifs is 1. The summed E-state index contributed by atoms with van der Waals surface area (Å²) in [5, 5.41) is 3.52. The summed E-state index contributed by atoms with van der Waals surface area (Å²) in [6.45, 7) is 3.83. The summed E-state index contributed by atoms with van der Waals surface area (Å²) in [5.41, 5.74) is 0.931. The van der Waals surface area contributed by atoms with Crippen molar-refractivity contribution in [3.05, 3.63) is 59.1 Å². The molecule has 1 heterocycles. The fourth-order valence-electron chi connectivity index (χ4n) is 3.81. The van der Waals surface area contributed by atoms with Gasteiger partial charge in [0.1, 0.15) is 17.9 Å². The van der Waals surface area contributed by atoms with Gasteiger partial charge in [0, 0.05) is 17.0 Å². The van der Waals surface area contributed by atoms with Gasteiger partial charge in [-0.05, 0) is 43.2 Å². The van der Waals surface area contributed by atoms with E-state index in [0.29, 0.717) is 17.1 Å². The fraction of sp³-hybridized carbons (Fsp3) is 0.409. The predicted octanol–water partition coefficient (Wildman–Crippen LogP) is 4.30. The Bertz CT molecular complexity index is 1000. The molecule has 0 aliphatic carbocycles. The number of amides is 1. The van der Waals surface area contributed by atoms with Crippen molar-refractivity contribution < 1.29 is 17.9 Å². The van der Waals surface area contributed by atoms with Gasteiger partial charge in [-0.15, -0.1) is 0 Å². The number of ether oxygens (including phenoxy) is 1. The van der Waals surface area contributed by atoms with Crippen LogP contribution in [0.2, 0.25) is 5.02 Å². The Morgan fingerprint density at radius 2 is 1.80 bits per heavy atom. The molecule has 1 aliphatic rings. The molecule has 3 rings (SSSR count). The number of sulfonamides is 1. The summed E-state index contributed by atoms with van der Waals surface area (Å²) in [7, 11) is -3.65. The molecule has 0 bridgehead atoms. The summed E-state index contributed by atoms with van der Waals surface area (Å²) < 4.78 is 32.0. The largest absolute Gasteiger partial charge is 0.487 e. The summed E-state index contributed by atoms with van der Waals surface area (Å²) in [5.74, 6) is 0.383. The summed E-state index contributed by atoms with van der Waals surface area (Å²) in [6.07, 6.45) is 3.33. The molecule has 0 saturated carbocycles. The predicted molar refractivity (Wildman–Crippen MR) is 120 cm³/mol. The third-order valence-electron chi connectivity index (χ3n) is 5.62. The van der Waals surface area contributed by atoms with Gasteiger partial charge in [0.15, 0.2) is 0 Å². The molecule has 1 aliphatic heterocycles. The van der Waals surface area contributed by atoms with Crippen molar-refractivity contribution in [2.24, 2.45) is 0 Å². The topological polar surface area (TPSA) is 75.7 Å². The van der Waals surface area contributed by atoms with Crippen molar-refractivity contribution in [2.75, 3.05) is 17.1 Å². The highest BCUT2D eigenvalue weighted by Crippen LogP contribution is 2.42. The number of nitrogens with one attached hydrogen (secondary N) is 1. The quantitative estimate of drug-likeness (QED) is 0.682. The van der Waals surface area contributed by atoms with Crippen molar-refractivity contribution in [2.45, 2.75) is 44.8 Å². The van der Waals surface area contributed by atoms with Gasteiger partial charge in [-0.1, -0.05) is 43.6 Å². The maximum absolute atomic E-state index is 12.9. The molecule has 0 aromatic heterocycles. The standard InChI is InChI=1S/C22H27ClN2O4S/c1-4-22(5-2)14-19(18-8-6-7-9-20(18)29-22)24-21(26)15-25(30(3,27)28)17-12-10-16(23)11-13-17/h6-13,19H,4-5,14-15H2,1-3H3,(H,24,26)/t19-/m1/s1. The van der Waals surface area contributed by atoms with Gasteiger partial charge in [-0.2, -0.15) is 0 Å². The van der Waals surface area contributed by atoms with Crippen molar-refractivity contribution in [1.29, 1.82) is 0 Å². The van der Waals surface area contributed by atoms with E-state index in [1.54, 1.807) is 24.3 Å². The first-order valence-corrected chi connectivity index (χ1v) is 12.2. The Morgan fingerprint density at radius 3 is 2.40 bits per heavy atom. The Hall–Kier alpha value is -2.25. The van der Waals surface area contributed by atoms with Gasteiger partial charge in [0.25, 0.3) is 0 Å². The van der Waals surface area contributed by atoms with E-state index in [9.17, 15) is 13.2 Å². The second-order valence-corrected chi connectivity index (χ2v) is 9.94. The number of rotatable bonds is 7. The third-order valence-corrected chi connectivity index (χ3v) is 7.02. The molecule has 0 spiro atoms. The van der Waals surface area contributed by atoms with Gasteiger partial charge in [0.2, 0.25) is 15.9 Å². The second kappa shape index (κ2) is 8.86. The van der Waals surface area contributed by atoms with E-state index in [1.807, 2.05) is 24.3 Å². The van der Waals surface area contributed by atoms with Crippen molar-refractivity contribution >= 4 is 33.2 Å². The highest BCUT2D eigenvalue weighted by Gasteiger charge is 2.39. The molecule has 30 heavy (non-hydrogen) atoms. The molecular weight excluding hydrogens is 424 g/mol. The van der Waals surface area contributed by atoms with Crippen molar-refractivity contribution in [1.82, 2.24) is 5.32 Å². The van der Waals surface area contributed by atoms with Crippen molar-refractivity contribution in [3.63, 3.8) is 0 Å². The zero-order chi connectivity index (χ0) is 21.9. The number of para-hydroxylation sites is 1. The van der Waals surface area contributed by atoms with E-state index in [-0.39, 0.29) is 24.1 Å². The summed E-state index contributed by atoms with van der Waals surface area (Å²) >= 11 is 5.91. The van der Waals surface area contributed by atoms with Crippen LogP contribution in [0.1, 0.15) is 44.7 Å². The second-order valence-electron chi connectivity index (χ2n) is 7.60. The first-order chi connectivity index (χ1) is 14.2. The van der Waals surface area contributed by atoms with Gasteiger partial charge in [0.05, 0.1) is 18.0 Å². The molecule has 1 N–H and O–H groups in total. The lowest BCUT2D eigenvalue weighted by Gasteiger charge is -2.41. The van der Waals surface area contributed by atoms with E-state index in [2.05, 4.69) is 19.2 Å². The summed E-state index contributed by atoms with van der Waals surface area (Å²) in [4.78, 5) is 12.9. The van der Waals surface area contributed by atoms with E-state index in [0.717, 1.165) is 34.7 Å². The van der Waals surface area contributed by atoms with Crippen LogP contribution in [0.3, 0.4) is 0 Å². The number of hydrogen-bond acceptors (Lipinski definition) is 4. The average Bonchev–Trinajstić information content (AvgIpc) is 2.72. The van der Waals surface area contributed by atoms with Crippen LogP contribution < -0.4 is 14.4 Å². The lowest BCUT2D eigenvalue weighted by molar-refractivity contribution is -0.121. The molecule has 0 unspecified atom stereocenters. The Balaban J connectivity index is 1.84. The molecule has 2 aromatic carbocycles. The minimum atomic E-state index is -3.65. The van der Waals surface area contributed by atoms with Crippen molar-refractivity contribution in [3.8, 4) is 5.75 Å². The summed E-state index contributed by atoms with van der Waals surface area (Å²) in [6, 6.07) is 13.8. The van der Waals surface area contributed by atoms with Crippen LogP contribution in [0, 0.1) is 0 Å². The molecule has 2 aromatic rings. The van der Waals surface area contributed by atoms with Crippen LogP contribution in [0.15, 0.2) is 48.5 Å². The highest BCUT2D eigenvalue weighted by atomic mass is 35.5. The first-order valence-electron chi connectivity index (χ1n) is 9.98. The van der Waals surface area contributed by atoms with Crippen LogP contribution >= 0.6 is 11.6 Å². The molecule has 0 fully saturated rings. The van der Waals surface area contributed by atoms with Crippen LogP contribution in [0.5, 0.6) is 5.75 Å². The zero-order valence-electron chi connectivity index (χ0n) is 17.4. The minimum absolute atomic E-state index is 0.256. The molecule has 1 amide bonds. The monoisotopic (exact) mass is 450 g/mol. The van der Waals surface area contributed by atoms with Crippen LogP contribution in [-0.4, -0.2) is 32.7 Å². The Labute approximate surface area is 183 Å². The lowest BCUT2D eigenvalue weighted by atomic mass is 9.83. The smallest absolute Gasteiger partial charge is 0.241 e. The van der Waals surface area contributed by atoms with Gasteiger partial charge < -0.3 is 10.1 Å². The molecule has 6 nitrogen and oxygen atoms in total. The highest BCUT2D eigenvalue weighted by molar-refractivity contribution is 7.92. The lowest BCUT2D eigenvalue weighted by Crippen LogP contribution is -2.47. The number of carbonyl (C=O) groups is 1. The normalized spacial score (nSPS) is 17.5. The van der Waals surface area contributed by atoms with E-state index in [1.165, 1.54) is 0 Å². The van der Waals surface area contributed by atoms with E-state index in [4.69, 9.17) is 16.3 Å². The molecule has 162 valence electrons. The van der Waals surface area contributed by atoms with Crippen LogP contribution in [0.4, 0.5) is 5.69 Å². The number of carbonyl (C=O) groups excluding carboxylic acids is 1. The minimum Gasteiger partial charge on any atom is -0.487 e. The van der Waals surface area contributed by atoms with E-state index < -0.39 is 10.0 Å². The Kier molecular flexibility index (Phi) is 6.62. The van der Waals surface area contributed by atoms with Crippen LogP contribution in [0.25, 0.3) is 0 Å². The molecule has 8 heteroatoms. The van der Waals surface area contributed by atoms with Gasteiger partial charge in [-0.25, -0.2) is 8.42 Å². The number of hydrogen-bond donors (Lipinski definition) is 1. The van der Waals surface area contributed by atoms with Gasteiger partial charge in [-0.3, -0.25) is 9.10 Å². The number of halogens is 1.